The minimum absolute atomic E-state index is 0.0289. The molecular weight excluding hydrogens is 815 g/mol. The first-order valence-electron chi connectivity index (χ1n) is 27.5. The van der Waals surface area contributed by atoms with Crippen molar-refractivity contribution in [1.82, 2.24) is 5.32 Å². The highest BCUT2D eigenvalue weighted by molar-refractivity contribution is 5.77. The van der Waals surface area contributed by atoms with E-state index in [-0.39, 0.29) is 31.3 Å². The third kappa shape index (κ3) is 47.3. The lowest BCUT2D eigenvalue weighted by Gasteiger charge is -2.24. The van der Waals surface area contributed by atoms with Gasteiger partial charge < -0.3 is 20.3 Å². The predicted molar refractivity (Wildman–Crippen MR) is 287 cm³/mol. The van der Waals surface area contributed by atoms with Crippen molar-refractivity contribution in [2.45, 2.75) is 264 Å². The number of ether oxygens (including phenoxy) is 1. The van der Waals surface area contributed by atoms with E-state index in [1.54, 1.807) is 0 Å². The summed E-state index contributed by atoms with van der Waals surface area (Å²) in [5.74, 6) is -0.598. The maximum atomic E-state index is 13.2. The molecule has 0 aliphatic rings. The van der Waals surface area contributed by atoms with Crippen molar-refractivity contribution in [3.8, 4) is 0 Å². The normalized spacial score (nSPS) is 14.0. The second kappa shape index (κ2) is 52.7. The Morgan fingerprint density at radius 1 is 0.470 bits per heavy atom. The van der Waals surface area contributed by atoms with Gasteiger partial charge in [0, 0.05) is 6.42 Å². The summed E-state index contributed by atoms with van der Waals surface area (Å²) >= 11 is 0. The number of esters is 1. The van der Waals surface area contributed by atoms with E-state index in [9.17, 15) is 19.8 Å². The van der Waals surface area contributed by atoms with Crippen molar-refractivity contribution < 1.29 is 24.5 Å². The molecule has 0 aliphatic carbocycles. The third-order valence-corrected chi connectivity index (χ3v) is 11.9. The molecule has 6 nitrogen and oxygen atoms in total. The van der Waals surface area contributed by atoms with Crippen LogP contribution in [0.1, 0.15) is 245 Å². The number of hydrogen-bond donors (Lipinski definition) is 3. The standard InChI is InChI=1S/C60H103NO5/c1-4-7-10-13-16-19-22-25-27-28-29-30-32-35-38-41-44-47-50-53-60(65)66-56(51-48-45-42-39-36-33-24-21-18-15-12-9-6-3)54-59(64)61-57(55-62)58(63)52-49-46-43-40-37-34-31-26-23-20-17-14-11-8-5-2/h7,10,16,18-19,21,24-25,27,29-30,33,35,38,44,47,56-58,62-63H,4-6,8-9,11-15,17,20,22-23,26,28,31-32,34,36-37,39-43,45-46,48-55H2,1-3H3,(H,61,64)/b10-7-,19-16-,21-18+,27-25-,30-29-,33-24+,38-35-,47-44-. The van der Waals surface area contributed by atoms with Gasteiger partial charge in [-0.05, 0) is 89.9 Å². The lowest BCUT2D eigenvalue weighted by molar-refractivity contribution is -0.150. The van der Waals surface area contributed by atoms with E-state index < -0.39 is 18.2 Å². The van der Waals surface area contributed by atoms with Gasteiger partial charge in [0.15, 0.2) is 0 Å². The van der Waals surface area contributed by atoms with Gasteiger partial charge in [0.25, 0.3) is 0 Å². The molecule has 6 heteroatoms. The number of carbonyl (C=O) groups excluding carboxylic acids is 2. The number of unbranched alkanes of at least 4 members (excludes halogenated alkanes) is 21. The molecule has 3 unspecified atom stereocenters. The highest BCUT2D eigenvalue weighted by atomic mass is 16.5. The van der Waals surface area contributed by atoms with E-state index in [1.165, 1.54) is 96.3 Å². The Hall–Kier alpha value is -3.22. The molecule has 0 aromatic carbocycles. The maximum Gasteiger partial charge on any atom is 0.306 e. The van der Waals surface area contributed by atoms with Crippen LogP contribution in [-0.4, -0.2) is 46.9 Å². The first kappa shape index (κ1) is 62.8. The first-order chi connectivity index (χ1) is 32.5. The van der Waals surface area contributed by atoms with Gasteiger partial charge in [-0.25, -0.2) is 0 Å². The van der Waals surface area contributed by atoms with Crippen molar-refractivity contribution in [3.05, 3.63) is 97.2 Å². The van der Waals surface area contributed by atoms with Gasteiger partial charge in [-0.1, -0.05) is 240 Å². The Morgan fingerprint density at radius 3 is 1.33 bits per heavy atom. The highest BCUT2D eigenvalue weighted by Gasteiger charge is 2.24. The van der Waals surface area contributed by atoms with Crippen LogP contribution in [-0.2, 0) is 14.3 Å². The Balaban J connectivity index is 4.69. The molecule has 0 heterocycles. The number of allylic oxidation sites excluding steroid dienone is 16. The van der Waals surface area contributed by atoms with E-state index in [1.807, 2.05) is 6.08 Å². The molecule has 0 bridgehead atoms. The fourth-order valence-corrected chi connectivity index (χ4v) is 7.80. The molecule has 0 radical (unpaired) electrons. The third-order valence-electron chi connectivity index (χ3n) is 11.9. The smallest absolute Gasteiger partial charge is 0.306 e. The fraction of sp³-hybridized carbons (Fsp3) is 0.700. The summed E-state index contributed by atoms with van der Waals surface area (Å²) in [5.41, 5.74) is 0. The largest absolute Gasteiger partial charge is 0.462 e. The summed E-state index contributed by atoms with van der Waals surface area (Å²) in [5, 5.41) is 23.8. The summed E-state index contributed by atoms with van der Waals surface area (Å²) in [6, 6.07) is -0.729. The van der Waals surface area contributed by atoms with E-state index >= 15 is 0 Å². The van der Waals surface area contributed by atoms with Crippen LogP contribution in [0.4, 0.5) is 0 Å². The molecule has 0 aromatic rings. The molecule has 0 aliphatic heterocycles. The molecule has 0 saturated carbocycles. The zero-order chi connectivity index (χ0) is 48.1. The van der Waals surface area contributed by atoms with Gasteiger partial charge >= 0.3 is 5.97 Å². The number of nitrogens with one attached hydrogen (secondary N) is 1. The van der Waals surface area contributed by atoms with Gasteiger partial charge in [0.2, 0.25) is 5.91 Å². The number of hydrogen-bond acceptors (Lipinski definition) is 5. The summed E-state index contributed by atoms with van der Waals surface area (Å²) in [7, 11) is 0. The average molecular weight is 918 g/mol. The minimum Gasteiger partial charge on any atom is -0.462 e. The van der Waals surface area contributed by atoms with Gasteiger partial charge in [0.1, 0.15) is 6.10 Å². The number of aliphatic hydroxyl groups excluding tert-OH is 2. The number of amides is 1. The van der Waals surface area contributed by atoms with Crippen molar-refractivity contribution in [1.29, 1.82) is 0 Å². The first-order valence-corrected chi connectivity index (χ1v) is 27.5. The van der Waals surface area contributed by atoms with Crippen LogP contribution in [0.3, 0.4) is 0 Å². The summed E-state index contributed by atoms with van der Waals surface area (Å²) < 4.78 is 5.89. The van der Waals surface area contributed by atoms with E-state index in [0.29, 0.717) is 19.3 Å². The number of rotatable bonds is 48. The summed E-state index contributed by atoms with van der Waals surface area (Å²) in [4.78, 5) is 26.2. The van der Waals surface area contributed by atoms with Crippen molar-refractivity contribution in [2.24, 2.45) is 0 Å². The van der Waals surface area contributed by atoms with Gasteiger partial charge in [-0.3, -0.25) is 9.59 Å². The van der Waals surface area contributed by atoms with Crippen LogP contribution < -0.4 is 5.32 Å². The molecule has 3 atom stereocenters. The fourth-order valence-electron chi connectivity index (χ4n) is 7.80. The van der Waals surface area contributed by atoms with E-state index in [0.717, 1.165) is 96.3 Å². The van der Waals surface area contributed by atoms with Gasteiger partial charge in [-0.15, -0.1) is 0 Å². The number of carbonyl (C=O) groups is 2. The minimum atomic E-state index is -0.811. The summed E-state index contributed by atoms with van der Waals surface area (Å²) in [6.45, 7) is 6.32. The summed E-state index contributed by atoms with van der Waals surface area (Å²) in [6.07, 6.45) is 70.5. The topological polar surface area (TPSA) is 95.9 Å². The molecule has 0 fully saturated rings. The Bertz CT molecular complexity index is 1310. The van der Waals surface area contributed by atoms with Crippen LogP contribution in [0.25, 0.3) is 0 Å². The van der Waals surface area contributed by atoms with Crippen LogP contribution in [0.15, 0.2) is 97.2 Å². The van der Waals surface area contributed by atoms with Crippen LogP contribution in [0, 0.1) is 0 Å². The molecule has 1 amide bonds. The molecule has 3 N–H and O–H groups in total. The molecule has 378 valence electrons. The molecular formula is C60H103NO5. The van der Waals surface area contributed by atoms with Crippen molar-refractivity contribution in [3.63, 3.8) is 0 Å². The second-order valence-electron chi connectivity index (χ2n) is 18.3. The second-order valence-corrected chi connectivity index (χ2v) is 18.3. The SMILES string of the molecule is CC/C=C\C/C=C\C/C=C\C/C=C\C/C=C\C/C=C\CCC(=O)OC(CCCCCC/C=C/C=C/CCCCC)CC(=O)NC(CO)C(O)CCCCCCCCCCCCCCCCC. The van der Waals surface area contributed by atoms with Crippen LogP contribution in [0.5, 0.6) is 0 Å². The number of aliphatic hydroxyl groups is 2. The lowest BCUT2D eigenvalue weighted by atomic mass is 10.0. The highest BCUT2D eigenvalue weighted by Crippen LogP contribution is 2.17. The predicted octanol–water partition coefficient (Wildman–Crippen LogP) is 16.9. The Labute approximate surface area is 407 Å². The monoisotopic (exact) mass is 918 g/mol. The maximum absolute atomic E-state index is 13.2. The van der Waals surface area contributed by atoms with Gasteiger partial charge in [0.05, 0.1) is 25.2 Å². The molecule has 0 saturated heterocycles. The Kier molecular flexibility index (Phi) is 50.2. The van der Waals surface area contributed by atoms with Crippen LogP contribution in [0.2, 0.25) is 0 Å². The van der Waals surface area contributed by atoms with Crippen molar-refractivity contribution >= 4 is 11.9 Å². The van der Waals surface area contributed by atoms with E-state index in [4.69, 9.17) is 4.74 Å². The average Bonchev–Trinajstić information content (AvgIpc) is 3.31. The van der Waals surface area contributed by atoms with Crippen LogP contribution >= 0.6 is 0 Å². The Morgan fingerprint density at radius 2 is 0.864 bits per heavy atom. The zero-order valence-corrected chi connectivity index (χ0v) is 43.0. The molecule has 0 aromatic heterocycles. The molecule has 0 rings (SSSR count). The molecule has 0 spiro atoms. The van der Waals surface area contributed by atoms with E-state index in [2.05, 4.69) is 117 Å². The van der Waals surface area contributed by atoms with Gasteiger partial charge in [-0.2, -0.15) is 0 Å². The molecule has 66 heavy (non-hydrogen) atoms. The quantitative estimate of drug-likeness (QED) is 0.0245. The zero-order valence-electron chi connectivity index (χ0n) is 43.0. The lowest BCUT2D eigenvalue weighted by Crippen LogP contribution is -2.46. The van der Waals surface area contributed by atoms with Crippen molar-refractivity contribution in [2.75, 3.05) is 6.61 Å².